The molecular formula is C27H29NO6. The summed E-state index contributed by atoms with van der Waals surface area (Å²) in [5, 5.41) is 3.62. The molecule has 0 amide bonds. The Labute approximate surface area is 199 Å². The van der Waals surface area contributed by atoms with Crippen molar-refractivity contribution in [2.75, 3.05) is 28.1 Å². The molecule has 0 saturated carbocycles. The summed E-state index contributed by atoms with van der Waals surface area (Å²) in [6, 6.07) is 18.2. The third-order valence-corrected chi connectivity index (χ3v) is 6.41. The maximum atomic E-state index is 6.54. The summed E-state index contributed by atoms with van der Waals surface area (Å²) in [4.78, 5) is 0. The van der Waals surface area contributed by atoms with Crippen molar-refractivity contribution in [1.29, 1.82) is 0 Å². The van der Waals surface area contributed by atoms with Crippen LogP contribution in [0.25, 0.3) is 0 Å². The molecule has 0 spiro atoms. The van der Waals surface area contributed by atoms with Gasteiger partial charge in [-0.3, -0.25) is 5.32 Å². The second-order valence-corrected chi connectivity index (χ2v) is 8.63. The van der Waals surface area contributed by atoms with Crippen molar-refractivity contribution < 1.29 is 28.4 Å². The Morgan fingerprint density at radius 1 is 0.882 bits per heavy atom. The summed E-state index contributed by atoms with van der Waals surface area (Å²) in [5.41, 5.74) is 2.62. The Kier molecular flexibility index (Phi) is 5.87. The van der Waals surface area contributed by atoms with E-state index >= 15 is 0 Å². The van der Waals surface area contributed by atoms with Gasteiger partial charge in [0.05, 0.1) is 21.3 Å². The summed E-state index contributed by atoms with van der Waals surface area (Å²) in [5.74, 6) is 3.96. The summed E-state index contributed by atoms with van der Waals surface area (Å²) in [7, 11) is 4.86. The molecule has 7 nitrogen and oxygen atoms in total. The van der Waals surface area contributed by atoms with Crippen molar-refractivity contribution in [1.82, 2.24) is 5.32 Å². The Morgan fingerprint density at radius 2 is 1.56 bits per heavy atom. The molecule has 2 unspecified atom stereocenters. The lowest BCUT2D eigenvalue weighted by Crippen LogP contribution is -2.50. The number of ether oxygens (including phenoxy) is 6. The quantitative estimate of drug-likeness (QED) is 0.537. The Hall–Kier alpha value is -3.58. The minimum Gasteiger partial charge on any atom is -0.493 e. The maximum absolute atomic E-state index is 6.54. The summed E-state index contributed by atoms with van der Waals surface area (Å²) >= 11 is 0. The van der Waals surface area contributed by atoms with Gasteiger partial charge >= 0.3 is 0 Å². The second kappa shape index (κ2) is 8.99. The molecule has 34 heavy (non-hydrogen) atoms. The van der Waals surface area contributed by atoms with Crippen LogP contribution in [-0.4, -0.2) is 33.8 Å². The average molecular weight is 464 g/mol. The third kappa shape index (κ3) is 4.07. The largest absolute Gasteiger partial charge is 0.493 e. The molecule has 0 aliphatic carbocycles. The molecule has 0 saturated heterocycles. The smallest absolute Gasteiger partial charge is 0.231 e. The summed E-state index contributed by atoms with van der Waals surface area (Å²) < 4.78 is 34.6. The Balaban J connectivity index is 1.57. The maximum Gasteiger partial charge on any atom is 0.231 e. The molecule has 0 bridgehead atoms. The highest BCUT2D eigenvalue weighted by atomic mass is 16.7. The van der Waals surface area contributed by atoms with Gasteiger partial charge in [-0.25, -0.2) is 0 Å². The van der Waals surface area contributed by atoms with Crippen LogP contribution in [0, 0.1) is 0 Å². The molecule has 2 aliphatic heterocycles. The van der Waals surface area contributed by atoms with Gasteiger partial charge in [0.15, 0.2) is 28.7 Å². The highest BCUT2D eigenvalue weighted by Crippen LogP contribution is 2.51. The van der Waals surface area contributed by atoms with Gasteiger partial charge in [-0.15, -0.1) is 0 Å². The van der Waals surface area contributed by atoms with E-state index in [0.717, 1.165) is 22.6 Å². The average Bonchev–Trinajstić information content (AvgIpc) is 3.33. The van der Waals surface area contributed by atoms with E-state index in [1.54, 1.807) is 21.3 Å². The van der Waals surface area contributed by atoms with E-state index in [9.17, 15) is 0 Å². The topological polar surface area (TPSA) is 67.4 Å². The SMILES string of the molecule is COc1cc(C2CC(C)(NCc3ccccc3)Oc3cc4c(cc32)OCO4)cc(OC)c1OC. The second-order valence-electron chi connectivity index (χ2n) is 8.63. The van der Waals surface area contributed by atoms with Crippen LogP contribution in [0.4, 0.5) is 0 Å². The Bertz CT molecular complexity index is 1160. The highest BCUT2D eigenvalue weighted by Gasteiger charge is 2.40. The van der Waals surface area contributed by atoms with Gasteiger partial charge in [-0.05, 0) is 36.2 Å². The minimum absolute atomic E-state index is 0.0137. The molecule has 2 atom stereocenters. The van der Waals surface area contributed by atoms with Gasteiger partial charge in [0.25, 0.3) is 0 Å². The van der Waals surface area contributed by atoms with Gasteiger partial charge in [0, 0.05) is 30.5 Å². The third-order valence-electron chi connectivity index (χ3n) is 6.41. The predicted octanol–water partition coefficient (Wildman–Crippen LogP) is 4.86. The molecule has 0 fully saturated rings. The normalized spacial score (nSPS) is 20.3. The first-order chi connectivity index (χ1) is 16.5. The zero-order valence-corrected chi connectivity index (χ0v) is 19.8. The van der Waals surface area contributed by atoms with Crippen molar-refractivity contribution in [3.05, 3.63) is 71.3 Å². The fourth-order valence-electron chi connectivity index (χ4n) is 4.68. The molecule has 1 N–H and O–H groups in total. The lowest BCUT2D eigenvalue weighted by Gasteiger charge is -2.41. The van der Waals surface area contributed by atoms with E-state index < -0.39 is 5.72 Å². The zero-order chi connectivity index (χ0) is 23.7. The van der Waals surface area contributed by atoms with Crippen LogP contribution in [0.5, 0.6) is 34.5 Å². The zero-order valence-electron chi connectivity index (χ0n) is 19.8. The number of hydrogen-bond donors (Lipinski definition) is 1. The molecule has 178 valence electrons. The first-order valence-electron chi connectivity index (χ1n) is 11.2. The lowest BCUT2D eigenvalue weighted by atomic mass is 9.81. The van der Waals surface area contributed by atoms with Crippen molar-refractivity contribution in [3.63, 3.8) is 0 Å². The molecule has 2 heterocycles. The van der Waals surface area contributed by atoms with Crippen LogP contribution in [-0.2, 0) is 6.54 Å². The first-order valence-corrected chi connectivity index (χ1v) is 11.2. The molecule has 5 rings (SSSR count). The lowest BCUT2D eigenvalue weighted by molar-refractivity contribution is 0.0222. The van der Waals surface area contributed by atoms with Gasteiger partial charge in [0.1, 0.15) is 5.75 Å². The van der Waals surface area contributed by atoms with Gasteiger partial charge in [-0.1, -0.05) is 30.3 Å². The van der Waals surface area contributed by atoms with Gasteiger partial charge < -0.3 is 28.4 Å². The van der Waals surface area contributed by atoms with Crippen molar-refractivity contribution in [2.45, 2.75) is 31.5 Å². The summed E-state index contributed by atoms with van der Waals surface area (Å²) in [6.07, 6.45) is 0.686. The molecule has 3 aromatic carbocycles. The standard InChI is InChI=1S/C27H29NO6/c1-27(28-15-17-8-6-5-7-9-17)14-20(18-10-24(29-2)26(31-4)25(11-18)30-3)19-12-22-23(33-16-32-22)13-21(19)34-27/h5-13,20,28H,14-16H2,1-4H3. The van der Waals surface area contributed by atoms with Crippen LogP contribution >= 0.6 is 0 Å². The summed E-state index contributed by atoms with van der Waals surface area (Å²) in [6.45, 7) is 2.96. The van der Waals surface area contributed by atoms with Crippen LogP contribution in [0.15, 0.2) is 54.6 Å². The first kappa shape index (κ1) is 22.2. The van der Waals surface area contributed by atoms with E-state index in [2.05, 4.69) is 24.4 Å². The molecule has 0 aromatic heterocycles. The molecular weight excluding hydrogens is 434 g/mol. The van der Waals surface area contributed by atoms with Crippen molar-refractivity contribution in [3.8, 4) is 34.5 Å². The number of fused-ring (bicyclic) bond motifs is 2. The van der Waals surface area contributed by atoms with E-state index in [4.69, 9.17) is 28.4 Å². The molecule has 0 radical (unpaired) electrons. The number of nitrogens with one attached hydrogen (secondary N) is 1. The van der Waals surface area contributed by atoms with Crippen LogP contribution in [0.2, 0.25) is 0 Å². The van der Waals surface area contributed by atoms with Gasteiger partial charge in [-0.2, -0.15) is 0 Å². The minimum atomic E-state index is -0.623. The van der Waals surface area contributed by atoms with Crippen LogP contribution < -0.4 is 33.7 Å². The predicted molar refractivity (Wildman–Crippen MR) is 127 cm³/mol. The van der Waals surface area contributed by atoms with E-state index in [0.29, 0.717) is 36.0 Å². The number of hydrogen-bond acceptors (Lipinski definition) is 7. The Morgan fingerprint density at radius 3 is 2.21 bits per heavy atom. The van der Waals surface area contributed by atoms with Crippen LogP contribution in [0.1, 0.15) is 36.0 Å². The molecule has 3 aromatic rings. The number of methoxy groups -OCH3 is 3. The number of benzene rings is 3. The van der Waals surface area contributed by atoms with Crippen LogP contribution in [0.3, 0.4) is 0 Å². The highest BCUT2D eigenvalue weighted by molar-refractivity contribution is 5.60. The van der Waals surface area contributed by atoms with Crippen molar-refractivity contribution >= 4 is 0 Å². The molecule has 7 heteroatoms. The fraction of sp³-hybridized carbons (Fsp3) is 0.333. The monoisotopic (exact) mass is 463 g/mol. The van der Waals surface area contributed by atoms with Gasteiger partial charge in [0.2, 0.25) is 12.5 Å². The molecule has 2 aliphatic rings. The van der Waals surface area contributed by atoms with Crippen molar-refractivity contribution in [2.24, 2.45) is 0 Å². The van der Waals surface area contributed by atoms with E-state index in [-0.39, 0.29) is 12.7 Å². The number of rotatable bonds is 7. The van der Waals surface area contributed by atoms with E-state index in [1.165, 1.54) is 5.56 Å². The van der Waals surface area contributed by atoms with E-state index in [1.807, 2.05) is 42.5 Å². The fourth-order valence-corrected chi connectivity index (χ4v) is 4.68.